The van der Waals surface area contributed by atoms with Gasteiger partial charge in [-0.1, -0.05) is 48.0 Å². The summed E-state index contributed by atoms with van der Waals surface area (Å²) in [6.07, 6.45) is 0.477. The van der Waals surface area contributed by atoms with Gasteiger partial charge in [-0.25, -0.2) is 8.42 Å². The molecule has 1 atom stereocenters. The zero-order valence-electron chi connectivity index (χ0n) is 15.6. The zero-order chi connectivity index (χ0) is 20.6. The molecule has 1 amide bonds. The molecular formula is C21H19ClN2O4S. The molecule has 0 saturated heterocycles. The largest absolute Gasteiger partial charge is 0.478 e. The van der Waals surface area contributed by atoms with Crippen LogP contribution in [0.3, 0.4) is 0 Å². The van der Waals surface area contributed by atoms with Gasteiger partial charge in [0.25, 0.3) is 5.91 Å². The number of fused-ring (bicyclic) bond motifs is 2. The van der Waals surface area contributed by atoms with Crippen LogP contribution in [-0.2, 0) is 14.8 Å². The Kier molecular flexibility index (Phi) is 5.10. The summed E-state index contributed by atoms with van der Waals surface area (Å²) in [5, 5.41) is 5.24. The molecule has 0 aliphatic carbocycles. The molecule has 150 valence electrons. The van der Waals surface area contributed by atoms with Crippen molar-refractivity contribution in [3.8, 4) is 5.75 Å². The summed E-state index contributed by atoms with van der Waals surface area (Å²) >= 11 is 6.05. The van der Waals surface area contributed by atoms with Crippen molar-refractivity contribution in [3.05, 3.63) is 65.7 Å². The van der Waals surface area contributed by atoms with Gasteiger partial charge in [0.1, 0.15) is 5.75 Å². The molecule has 1 heterocycles. The van der Waals surface area contributed by atoms with Gasteiger partial charge < -0.3 is 10.1 Å². The molecule has 0 radical (unpaired) electrons. The normalized spacial score (nSPS) is 16.6. The van der Waals surface area contributed by atoms with Crippen LogP contribution < -0.4 is 14.4 Å². The number of nitrogens with zero attached hydrogens (tertiary/aromatic N) is 1. The average Bonchev–Trinajstić information content (AvgIpc) is 2.87. The smallest absolute Gasteiger partial charge is 0.265 e. The fourth-order valence-corrected chi connectivity index (χ4v) is 4.53. The predicted octanol–water partition coefficient (Wildman–Crippen LogP) is 4.05. The number of amides is 1. The first kappa shape index (κ1) is 19.5. The fraction of sp³-hybridized carbons (Fsp3) is 0.190. The van der Waals surface area contributed by atoms with Crippen LogP contribution in [0.2, 0.25) is 5.02 Å². The van der Waals surface area contributed by atoms with Crippen molar-refractivity contribution >= 4 is 49.7 Å². The lowest BCUT2D eigenvalue weighted by Gasteiger charge is -2.21. The number of hydrogen-bond donors (Lipinski definition) is 1. The lowest BCUT2D eigenvalue weighted by Crippen LogP contribution is -2.36. The van der Waals surface area contributed by atoms with E-state index in [1.165, 1.54) is 10.4 Å². The van der Waals surface area contributed by atoms with Crippen LogP contribution in [0, 0.1) is 0 Å². The summed E-state index contributed by atoms with van der Waals surface area (Å²) in [5.74, 6) is -0.0343. The lowest BCUT2D eigenvalue weighted by molar-refractivity contribution is -0.122. The average molecular weight is 431 g/mol. The molecule has 6 nitrogen and oxygen atoms in total. The van der Waals surface area contributed by atoms with E-state index in [0.29, 0.717) is 22.1 Å². The molecule has 0 bridgehead atoms. The third kappa shape index (κ3) is 4.02. The van der Waals surface area contributed by atoms with Crippen molar-refractivity contribution in [3.63, 3.8) is 0 Å². The number of halogens is 1. The number of carbonyl (C=O) groups excluding carboxylic acids is 1. The van der Waals surface area contributed by atoms with Crippen LogP contribution in [0.1, 0.15) is 6.42 Å². The zero-order valence-corrected chi connectivity index (χ0v) is 17.2. The highest BCUT2D eigenvalue weighted by Crippen LogP contribution is 2.36. The SMILES string of the molecule is CS(=O)(=O)N1CC[C@@H](C(=O)Nc2cccc3ccccc23)Oc2ccc(Cl)cc21. The topological polar surface area (TPSA) is 75.7 Å². The summed E-state index contributed by atoms with van der Waals surface area (Å²) in [6, 6.07) is 18.1. The Bertz CT molecular complexity index is 1190. The maximum absolute atomic E-state index is 13.0. The van der Waals surface area contributed by atoms with Gasteiger partial charge in [0, 0.05) is 29.1 Å². The Morgan fingerprint density at radius 2 is 1.90 bits per heavy atom. The molecule has 8 heteroatoms. The van der Waals surface area contributed by atoms with Crippen molar-refractivity contribution in [2.45, 2.75) is 12.5 Å². The number of nitrogens with one attached hydrogen (secondary N) is 1. The molecular weight excluding hydrogens is 412 g/mol. The van der Waals surface area contributed by atoms with Crippen LogP contribution in [0.4, 0.5) is 11.4 Å². The molecule has 1 aliphatic heterocycles. The highest BCUT2D eigenvalue weighted by molar-refractivity contribution is 7.92. The maximum atomic E-state index is 13.0. The Balaban J connectivity index is 1.64. The van der Waals surface area contributed by atoms with Gasteiger partial charge in [-0.3, -0.25) is 9.10 Å². The van der Waals surface area contributed by atoms with Gasteiger partial charge in [-0.05, 0) is 29.7 Å². The van der Waals surface area contributed by atoms with Crippen LogP contribution in [0.15, 0.2) is 60.7 Å². The van der Waals surface area contributed by atoms with E-state index in [1.807, 2.05) is 42.5 Å². The van der Waals surface area contributed by atoms with Crippen LogP contribution in [-0.4, -0.2) is 33.2 Å². The maximum Gasteiger partial charge on any atom is 0.265 e. The summed E-state index contributed by atoms with van der Waals surface area (Å²) in [4.78, 5) is 13.0. The summed E-state index contributed by atoms with van der Waals surface area (Å²) in [5.41, 5.74) is 1.01. The molecule has 4 rings (SSSR count). The Morgan fingerprint density at radius 3 is 2.69 bits per heavy atom. The molecule has 0 saturated carbocycles. The van der Waals surface area contributed by atoms with Crippen LogP contribution >= 0.6 is 11.6 Å². The second-order valence-corrected chi connectivity index (χ2v) is 9.20. The minimum Gasteiger partial charge on any atom is -0.478 e. The number of anilines is 2. The van der Waals surface area contributed by atoms with E-state index >= 15 is 0 Å². The third-order valence-electron chi connectivity index (χ3n) is 4.79. The van der Waals surface area contributed by atoms with Gasteiger partial charge in [0.2, 0.25) is 10.0 Å². The molecule has 0 unspecified atom stereocenters. The minimum atomic E-state index is -3.55. The van der Waals surface area contributed by atoms with Crippen molar-refractivity contribution in [1.29, 1.82) is 0 Å². The van der Waals surface area contributed by atoms with Crippen molar-refractivity contribution in [2.24, 2.45) is 0 Å². The number of rotatable bonds is 3. The number of benzene rings is 3. The van der Waals surface area contributed by atoms with E-state index < -0.39 is 16.1 Å². The lowest BCUT2D eigenvalue weighted by atomic mass is 10.1. The molecule has 1 aliphatic rings. The monoisotopic (exact) mass is 430 g/mol. The molecule has 3 aromatic rings. The van der Waals surface area contributed by atoms with Gasteiger partial charge >= 0.3 is 0 Å². The van der Waals surface area contributed by atoms with Crippen LogP contribution in [0.5, 0.6) is 5.75 Å². The Morgan fingerprint density at radius 1 is 1.14 bits per heavy atom. The first-order valence-electron chi connectivity index (χ1n) is 9.05. The van der Waals surface area contributed by atoms with Gasteiger partial charge in [-0.15, -0.1) is 0 Å². The number of carbonyl (C=O) groups is 1. The van der Waals surface area contributed by atoms with Gasteiger partial charge in [-0.2, -0.15) is 0 Å². The third-order valence-corrected chi connectivity index (χ3v) is 6.21. The minimum absolute atomic E-state index is 0.111. The summed E-state index contributed by atoms with van der Waals surface area (Å²) in [7, 11) is -3.55. The quantitative estimate of drug-likeness (QED) is 0.680. The van der Waals surface area contributed by atoms with E-state index in [9.17, 15) is 13.2 Å². The number of ether oxygens (including phenoxy) is 1. The van der Waals surface area contributed by atoms with Crippen molar-refractivity contribution < 1.29 is 17.9 Å². The number of sulfonamides is 1. The van der Waals surface area contributed by atoms with E-state index in [4.69, 9.17) is 16.3 Å². The highest BCUT2D eigenvalue weighted by atomic mass is 35.5. The van der Waals surface area contributed by atoms with E-state index in [1.54, 1.807) is 12.1 Å². The molecule has 0 aromatic heterocycles. The van der Waals surface area contributed by atoms with Crippen LogP contribution in [0.25, 0.3) is 10.8 Å². The Labute approximate surface area is 174 Å². The van der Waals surface area contributed by atoms with Gasteiger partial charge in [0.15, 0.2) is 6.10 Å². The van der Waals surface area contributed by atoms with E-state index in [0.717, 1.165) is 17.0 Å². The van der Waals surface area contributed by atoms with E-state index in [2.05, 4.69) is 5.32 Å². The number of hydrogen-bond acceptors (Lipinski definition) is 4. The second-order valence-electron chi connectivity index (χ2n) is 6.86. The first-order valence-corrected chi connectivity index (χ1v) is 11.3. The molecule has 29 heavy (non-hydrogen) atoms. The molecule has 0 fully saturated rings. The highest BCUT2D eigenvalue weighted by Gasteiger charge is 2.31. The van der Waals surface area contributed by atoms with E-state index in [-0.39, 0.29) is 18.9 Å². The Hall–Kier alpha value is -2.77. The van der Waals surface area contributed by atoms with Crippen molar-refractivity contribution in [2.75, 3.05) is 22.4 Å². The van der Waals surface area contributed by atoms with Gasteiger partial charge in [0.05, 0.1) is 11.9 Å². The predicted molar refractivity (Wildman–Crippen MR) is 115 cm³/mol. The standard InChI is InChI=1S/C21H19ClN2O4S/c1-29(26,27)24-12-11-20(28-19-10-9-15(22)13-18(19)24)21(25)23-17-8-4-6-14-5-2-3-7-16(14)17/h2-10,13,20H,11-12H2,1H3,(H,23,25)/t20-/m0/s1. The molecule has 3 aromatic carbocycles. The van der Waals surface area contributed by atoms with Crippen molar-refractivity contribution in [1.82, 2.24) is 0 Å². The summed E-state index contributed by atoms with van der Waals surface area (Å²) < 4.78 is 31.6. The summed E-state index contributed by atoms with van der Waals surface area (Å²) in [6.45, 7) is 0.111. The first-order chi connectivity index (χ1) is 13.8. The second kappa shape index (κ2) is 7.57. The molecule has 0 spiro atoms. The fourth-order valence-electron chi connectivity index (χ4n) is 3.43. The molecule has 1 N–H and O–H groups in total.